The van der Waals surface area contributed by atoms with Gasteiger partial charge in [-0.3, -0.25) is 4.84 Å². The molecule has 0 unspecified atom stereocenters. The highest BCUT2D eigenvalue weighted by atomic mass is 16.6. The highest BCUT2D eigenvalue weighted by Gasteiger charge is 1.90. The summed E-state index contributed by atoms with van der Waals surface area (Å²) in [6, 6.07) is 0. The van der Waals surface area contributed by atoms with Gasteiger partial charge in [0.1, 0.15) is 7.11 Å². The Labute approximate surface area is 62.1 Å². The fourth-order valence-corrected chi connectivity index (χ4v) is 0.453. The molecule has 0 heterocycles. The van der Waals surface area contributed by atoms with Crippen molar-refractivity contribution in [2.45, 2.75) is 13.8 Å². The molecule has 0 aliphatic heterocycles. The molecule has 0 aliphatic carbocycles. The first-order valence-corrected chi connectivity index (χ1v) is 3.16. The summed E-state index contributed by atoms with van der Waals surface area (Å²) in [5.74, 6) is 0. The van der Waals surface area contributed by atoms with Crippen LogP contribution in [0.5, 0.6) is 0 Å². The van der Waals surface area contributed by atoms with Crippen LogP contribution >= 0.6 is 0 Å². The van der Waals surface area contributed by atoms with Gasteiger partial charge in [-0.2, -0.15) is 0 Å². The van der Waals surface area contributed by atoms with E-state index in [0.717, 1.165) is 5.57 Å². The van der Waals surface area contributed by atoms with Gasteiger partial charge in [-0.1, -0.05) is 12.2 Å². The molecule has 0 fully saturated rings. The standard InChI is InChI=1S/C8H14NO/c1-5-9(10-4)7-6-8(2)3/h5-7H,2H2,1,3-4H3/q+1. The van der Waals surface area contributed by atoms with Crippen LogP contribution in [0.15, 0.2) is 24.4 Å². The summed E-state index contributed by atoms with van der Waals surface area (Å²) in [4.78, 5) is 4.90. The molecule has 0 rings (SSSR count). The topological polar surface area (TPSA) is 12.2 Å². The molecular weight excluding hydrogens is 126 g/mol. The Bertz CT molecular complexity index is 168. The zero-order chi connectivity index (χ0) is 7.98. The van der Waals surface area contributed by atoms with E-state index in [1.165, 1.54) is 0 Å². The minimum Gasteiger partial charge on any atom is -0.275 e. The molecule has 0 radical (unpaired) electrons. The van der Waals surface area contributed by atoms with Gasteiger partial charge in [0.05, 0.1) is 0 Å². The third kappa shape index (κ3) is 3.89. The maximum absolute atomic E-state index is 4.90. The predicted octanol–water partition coefficient (Wildman–Crippen LogP) is 1.74. The monoisotopic (exact) mass is 140 g/mol. The molecular formula is C8H14NO+. The van der Waals surface area contributed by atoms with Gasteiger partial charge in [-0.15, -0.1) is 0 Å². The Morgan fingerprint density at radius 2 is 2.20 bits per heavy atom. The van der Waals surface area contributed by atoms with Gasteiger partial charge < -0.3 is 0 Å². The molecule has 2 heteroatoms. The highest BCUT2D eigenvalue weighted by Crippen LogP contribution is 1.88. The summed E-state index contributed by atoms with van der Waals surface area (Å²) in [6.45, 7) is 7.54. The lowest BCUT2D eigenvalue weighted by atomic mass is 10.3. The largest absolute Gasteiger partial charge is 0.275 e. The Balaban J connectivity index is 3.98. The molecule has 0 spiro atoms. The molecule has 2 nitrogen and oxygen atoms in total. The first kappa shape index (κ1) is 8.95. The van der Waals surface area contributed by atoms with E-state index in [-0.39, 0.29) is 0 Å². The van der Waals surface area contributed by atoms with Crippen molar-refractivity contribution in [2.24, 2.45) is 0 Å². The Kier molecular flexibility index (Phi) is 4.29. The molecule has 0 aromatic heterocycles. The average Bonchev–Trinajstić information content (AvgIpc) is 1.90. The second kappa shape index (κ2) is 4.79. The lowest BCUT2D eigenvalue weighted by Gasteiger charge is -1.88. The van der Waals surface area contributed by atoms with E-state index in [2.05, 4.69) is 6.58 Å². The lowest BCUT2D eigenvalue weighted by molar-refractivity contribution is -0.729. The third-order valence-corrected chi connectivity index (χ3v) is 0.971. The zero-order valence-corrected chi connectivity index (χ0v) is 6.79. The molecule has 56 valence electrons. The summed E-state index contributed by atoms with van der Waals surface area (Å²) in [5, 5.41) is 0. The van der Waals surface area contributed by atoms with Crippen LogP contribution in [0.2, 0.25) is 0 Å². The number of rotatable bonds is 3. The van der Waals surface area contributed by atoms with Gasteiger partial charge in [0.2, 0.25) is 6.20 Å². The molecule has 0 saturated carbocycles. The van der Waals surface area contributed by atoms with E-state index in [0.29, 0.717) is 0 Å². The molecule has 0 aromatic carbocycles. The van der Waals surface area contributed by atoms with Crippen molar-refractivity contribution in [3.63, 3.8) is 0 Å². The van der Waals surface area contributed by atoms with E-state index in [1.54, 1.807) is 11.8 Å². The second-order valence-corrected chi connectivity index (χ2v) is 1.96. The van der Waals surface area contributed by atoms with Crippen LogP contribution in [0.25, 0.3) is 0 Å². The van der Waals surface area contributed by atoms with Gasteiger partial charge >= 0.3 is 0 Å². The second-order valence-electron chi connectivity index (χ2n) is 1.96. The van der Waals surface area contributed by atoms with Crippen molar-refractivity contribution < 1.29 is 9.58 Å². The SMILES string of the molecule is C=C(C)C=C[N+](=CC)OC. The minimum atomic E-state index is 1.00. The van der Waals surface area contributed by atoms with Crippen molar-refractivity contribution >= 4 is 6.21 Å². The quantitative estimate of drug-likeness (QED) is 0.252. The van der Waals surface area contributed by atoms with Crippen molar-refractivity contribution in [3.05, 3.63) is 24.4 Å². The van der Waals surface area contributed by atoms with E-state index in [4.69, 9.17) is 4.84 Å². The van der Waals surface area contributed by atoms with Gasteiger partial charge in [-0.25, -0.2) is 0 Å². The van der Waals surface area contributed by atoms with Gasteiger partial charge in [0, 0.05) is 13.0 Å². The summed E-state index contributed by atoms with van der Waals surface area (Å²) in [7, 11) is 1.61. The van der Waals surface area contributed by atoms with Crippen molar-refractivity contribution in [3.8, 4) is 0 Å². The Morgan fingerprint density at radius 3 is 2.50 bits per heavy atom. The molecule has 10 heavy (non-hydrogen) atoms. The van der Waals surface area contributed by atoms with Crippen LogP contribution in [0, 0.1) is 0 Å². The first-order chi connectivity index (χ1) is 4.70. The average molecular weight is 140 g/mol. The van der Waals surface area contributed by atoms with Gasteiger partial charge in [0.25, 0.3) is 0 Å². The third-order valence-electron chi connectivity index (χ3n) is 0.971. The Hall–Kier alpha value is -1.05. The van der Waals surface area contributed by atoms with Crippen LogP contribution in [0.4, 0.5) is 0 Å². The molecule has 0 amide bonds. The maximum atomic E-state index is 4.90. The van der Waals surface area contributed by atoms with Gasteiger partial charge in [-0.05, 0) is 11.7 Å². The summed E-state index contributed by atoms with van der Waals surface area (Å²) in [6.07, 6.45) is 5.51. The van der Waals surface area contributed by atoms with Crippen molar-refractivity contribution in [1.82, 2.24) is 0 Å². The van der Waals surface area contributed by atoms with Crippen LogP contribution < -0.4 is 0 Å². The molecule has 0 bridgehead atoms. The predicted molar refractivity (Wildman–Crippen MR) is 43.0 cm³/mol. The summed E-state index contributed by atoms with van der Waals surface area (Å²) < 4.78 is 1.61. The normalized spacial score (nSPS) is 12.1. The summed E-state index contributed by atoms with van der Waals surface area (Å²) >= 11 is 0. The molecule has 0 saturated heterocycles. The molecule has 0 aliphatic rings. The van der Waals surface area contributed by atoms with Crippen LogP contribution in [-0.4, -0.2) is 18.1 Å². The lowest BCUT2D eigenvalue weighted by Crippen LogP contribution is -2.01. The summed E-state index contributed by atoms with van der Waals surface area (Å²) in [5.41, 5.74) is 1.00. The molecule has 0 atom stereocenters. The highest BCUT2D eigenvalue weighted by molar-refractivity contribution is 5.46. The van der Waals surface area contributed by atoms with E-state index in [9.17, 15) is 0 Å². The van der Waals surface area contributed by atoms with E-state index in [1.807, 2.05) is 32.3 Å². The van der Waals surface area contributed by atoms with Crippen LogP contribution in [0.1, 0.15) is 13.8 Å². The molecule has 0 aromatic rings. The number of allylic oxidation sites excluding steroid dienone is 2. The molecule has 0 N–H and O–H groups in total. The Morgan fingerprint density at radius 1 is 1.60 bits per heavy atom. The van der Waals surface area contributed by atoms with Crippen molar-refractivity contribution in [2.75, 3.05) is 7.11 Å². The fourth-order valence-electron chi connectivity index (χ4n) is 0.453. The zero-order valence-electron chi connectivity index (χ0n) is 6.79. The smallest absolute Gasteiger partial charge is 0.222 e. The van der Waals surface area contributed by atoms with Gasteiger partial charge in [0.15, 0.2) is 6.21 Å². The van der Waals surface area contributed by atoms with Crippen LogP contribution in [0.3, 0.4) is 0 Å². The minimum absolute atomic E-state index is 1.00. The van der Waals surface area contributed by atoms with E-state index < -0.39 is 0 Å². The fraction of sp³-hybridized carbons (Fsp3) is 0.375. The maximum Gasteiger partial charge on any atom is 0.222 e. The number of hydrogen-bond donors (Lipinski definition) is 0. The van der Waals surface area contributed by atoms with E-state index >= 15 is 0 Å². The van der Waals surface area contributed by atoms with Crippen molar-refractivity contribution in [1.29, 1.82) is 0 Å². The number of hydroxylamine groups is 1. The number of hydrogen-bond acceptors (Lipinski definition) is 1. The first-order valence-electron chi connectivity index (χ1n) is 3.16. The van der Waals surface area contributed by atoms with Crippen LogP contribution in [-0.2, 0) is 4.84 Å². The number of nitrogens with zero attached hydrogens (tertiary/aromatic N) is 1.